The molecule has 53 heavy (non-hydrogen) atoms. The normalized spacial score (nSPS) is 13.9. The van der Waals surface area contributed by atoms with Gasteiger partial charge in [-0.2, -0.15) is 23.7 Å². The molecule has 0 saturated heterocycles. The molecule has 1 aliphatic carbocycles. The Kier molecular flexibility index (Phi) is 10.1. The van der Waals surface area contributed by atoms with Gasteiger partial charge in [0, 0.05) is 0 Å². The zero-order valence-corrected chi connectivity index (χ0v) is 28.7. The SMILES string of the molecule is Cc1cc(N=Nc2ccc(-c3ccc(N/N=C4/C=CC(=O)C(C(=O)O)=C4)cc3)cc2)c(N)c(N=Nc2ccc(-c3ccc(S(=O)(=O)O)cc3)cc2)c1N. The average Bonchev–Trinajstić information content (AvgIpc) is 3.15. The number of ketones is 1. The number of allylic oxidation sites excluding steroid dienone is 3. The predicted octanol–water partition coefficient (Wildman–Crippen LogP) is 8.49. The maximum atomic E-state index is 11.7. The monoisotopic (exact) mass is 726 g/mol. The second-order valence-electron chi connectivity index (χ2n) is 11.7. The van der Waals surface area contributed by atoms with E-state index in [1.54, 1.807) is 49.4 Å². The summed E-state index contributed by atoms with van der Waals surface area (Å²) >= 11 is 0. The third kappa shape index (κ3) is 8.45. The number of hydrazone groups is 1. The largest absolute Gasteiger partial charge is 0.478 e. The van der Waals surface area contributed by atoms with Crippen molar-refractivity contribution >= 4 is 67.4 Å². The van der Waals surface area contributed by atoms with Crippen LogP contribution in [0.1, 0.15) is 5.56 Å². The first kappa shape index (κ1) is 35.7. The first-order chi connectivity index (χ1) is 25.4. The molecule has 0 heterocycles. The molecule has 6 rings (SSSR count). The van der Waals surface area contributed by atoms with E-state index in [4.69, 9.17) is 16.6 Å². The van der Waals surface area contributed by atoms with Crippen molar-refractivity contribution in [1.82, 2.24) is 0 Å². The van der Waals surface area contributed by atoms with Gasteiger partial charge in [0.2, 0.25) is 0 Å². The molecule has 14 nitrogen and oxygen atoms in total. The Morgan fingerprint density at radius 2 is 1.21 bits per heavy atom. The van der Waals surface area contributed by atoms with Gasteiger partial charge in [-0.05, 0) is 108 Å². The fraction of sp³-hybridized carbons (Fsp3) is 0.0263. The van der Waals surface area contributed by atoms with E-state index >= 15 is 0 Å². The molecule has 0 aromatic heterocycles. The molecule has 15 heteroatoms. The number of hydrogen-bond donors (Lipinski definition) is 5. The lowest BCUT2D eigenvalue weighted by molar-refractivity contribution is -0.134. The second kappa shape index (κ2) is 15.0. The van der Waals surface area contributed by atoms with Crippen molar-refractivity contribution in [3.8, 4) is 22.3 Å². The van der Waals surface area contributed by atoms with Gasteiger partial charge in [-0.1, -0.05) is 48.5 Å². The molecule has 0 radical (unpaired) electrons. The zero-order valence-electron chi connectivity index (χ0n) is 27.9. The summed E-state index contributed by atoms with van der Waals surface area (Å²) in [5.74, 6) is -1.89. The minimum Gasteiger partial charge on any atom is -0.478 e. The van der Waals surface area contributed by atoms with Crippen LogP contribution in [0.15, 0.2) is 157 Å². The number of rotatable bonds is 10. The number of carboxylic acid groups (broad SMARTS) is 1. The van der Waals surface area contributed by atoms with Gasteiger partial charge in [-0.15, -0.1) is 10.2 Å². The third-order valence-electron chi connectivity index (χ3n) is 8.05. The molecule has 0 atom stereocenters. The van der Waals surface area contributed by atoms with Crippen LogP contribution in [0.3, 0.4) is 0 Å². The number of benzene rings is 5. The molecule has 0 aliphatic heterocycles. The number of aliphatic carboxylic acids is 1. The number of azo groups is 2. The van der Waals surface area contributed by atoms with Crippen molar-refractivity contribution in [2.24, 2.45) is 25.6 Å². The van der Waals surface area contributed by atoms with Crippen molar-refractivity contribution in [1.29, 1.82) is 0 Å². The summed E-state index contributed by atoms with van der Waals surface area (Å²) < 4.78 is 31.8. The van der Waals surface area contributed by atoms with E-state index in [0.717, 1.165) is 22.3 Å². The Bertz CT molecular complexity index is 2490. The summed E-state index contributed by atoms with van der Waals surface area (Å²) in [5.41, 5.74) is 22.6. The number of nitrogens with zero attached hydrogens (tertiary/aromatic N) is 5. The topological polar surface area (TPSA) is 235 Å². The molecular weight excluding hydrogens is 697 g/mol. The Labute approximate surface area is 303 Å². The van der Waals surface area contributed by atoms with Crippen LogP contribution in [0, 0.1) is 6.92 Å². The quantitative estimate of drug-likeness (QED) is 0.0231. The van der Waals surface area contributed by atoms with Gasteiger partial charge in [0.15, 0.2) is 5.78 Å². The van der Waals surface area contributed by atoms with Gasteiger partial charge in [0.25, 0.3) is 10.1 Å². The van der Waals surface area contributed by atoms with Crippen molar-refractivity contribution in [2.45, 2.75) is 11.8 Å². The van der Waals surface area contributed by atoms with E-state index in [1.807, 2.05) is 48.5 Å². The number of carboxylic acids is 1. The molecule has 0 unspecified atom stereocenters. The number of carbonyl (C=O) groups is 2. The molecule has 5 aromatic rings. The fourth-order valence-electron chi connectivity index (χ4n) is 5.10. The van der Waals surface area contributed by atoms with E-state index in [9.17, 15) is 22.6 Å². The van der Waals surface area contributed by atoms with E-state index < -0.39 is 21.9 Å². The van der Waals surface area contributed by atoms with Crippen LogP contribution >= 0.6 is 0 Å². The Balaban J connectivity index is 1.12. The molecule has 7 N–H and O–H groups in total. The zero-order chi connectivity index (χ0) is 37.7. The number of aryl methyl sites for hydroxylation is 1. The fourth-order valence-corrected chi connectivity index (χ4v) is 5.58. The van der Waals surface area contributed by atoms with Gasteiger partial charge in [-0.3, -0.25) is 14.8 Å². The number of carbonyl (C=O) groups excluding carboxylic acids is 1. The maximum absolute atomic E-state index is 11.7. The van der Waals surface area contributed by atoms with Crippen molar-refractivity contribution in [2.75, 3.05) is 16.9 Å². The molecule has 0 fully saturated rings. The lowest BCUT2D eigenvalue weighted by Gasteiger charge is -2.09. The standard InChI is InChI=1S/C38H30N8O6S/c1-22-20-33(36(40)37(35(22)39)46-43-29-14-6-25(7-15-29)26-8-17-31(18-9-26)53(50,51)52)45-42-28-12-4-24(5-13-28)23-2-10-27(11-3-23)41-44-30-16-19-34(47)32(21-30)38(48)49/h2-21,41H,39-40H2,1H3,(H,48,49)(H,50,51,52)/b44-30-,45-42?,46-43?. The minimum atomic E-state index is -4.28. The van der Waals surface area contributed by atoms with Crippen molar-refractivity contribution in [3.05, 3.63) is 132 Å². The second-order valence-corrected chi connectivity index (χ2v) is 13.1. The molecule has 0 spiro atoms. The van der Waals surface area contributed by atoms with Gasteiger partial charge >= 0.3 is 5.97 Å². The Hall–Kier alpha value is -7.10. The summed E-state index contributed by atoms with van der Waals surface area (Å²) in [5, 5.41) is 30.7. The molecule has 264 valence electrons. The molecular formula is C38H30N8O6S. The highest BCUT2D eigenvalue weighted by atomic mass is 32.2. The highest BCUT2D eigenvalue weighted by Crippen LogP contribution is 2.41. The Morgan fingerprint density at radius 3 is 1.74 bits per heavy atom. The molecule has 1 aliphatic rings. The summed E-state index contributed by atoms with van der Waals surface area (Å²) in [6.45, 7) is 1.80. The number of hydrogen-bond acceptors (Lipinski definition) is 12. The highest BCUT2D eigenvalue weighted by Gasteiger charge is 2.19. The van der Waals surface area contributed by atoms with Crippen molar-refractivity contribution in [3.63, 3.8) is 0 Å². The van der Waals surface area contributed by atoms with Gasteiger partial charge in [0.1, 0.15) is 16.9 Å². The number of nitrogens with two attached hydrogens (primary N) is 2. The van der Waals surface area contributed by atoms with Crippen molar-refractivity contribution < 1.29 is 27.7 Å². The van der Waals surface area contributed by atoms with Crippen LogP contribution in [0.25, 0.3) is 22.3 Å². The molecule has 5 aromatic carbocycles. The van der Waals surface area contributed by atoms with Crippen LogP contribution < -0.4 is 16.9 Å². The van der Waals surface area contributed by atoms with Crippen LogP contribution in [-0.4, -0.2) is 35.5 Å². The number of anilines is 3. The van der Waals surface area contributed by atoms with Crippen LogP contribution in [0.2, 0.25) is 0 Å². The number of nitrogens with one attached hydrogen (secondary N) is 1. The average molecular weight is 727 g/mol. The van der Waals surface area contributed by atoms with E-state index in [-0.39, 0.29) is 21.8 Å². The van der Waals surface area contributed by atoms with E-state index in [1.165, 1.54) is 30.4 Å². The molecule has 0 saturated carbocycles. The van der Waals surface area contributed by atoms with Crippen LogP contribution in [0.5, 0.6) is 0 Å². The lowest BCUT2D eigenvalue weighted by Crippen LogP contribution is -2.15. The van der Waals surface area contributed by atoms with Gasteiger partial charge < -0.3 is 16.6 Å². The predicted molar refractivity (Wildman–Crippen MR) is 203 cm³/mol. The summed E-state index contributed by atoms with van der Waals surface area (Å²) in [6, 6.07) is 29.5. The highest BCUT2D eigenvalue weighted by molar-refractivity contribution is 7.85. The van der Waals surface area contributed by atoms with Gasteiger partial charge in [-0.25, -0.2) is 4.79 Å². The van der Waals surface area contributed by atoms with E-state index in [0.29, 0.717) is 39.7 Å². The number of nitrogen functional groups attached to an aromatic ring is 2. The van der Waals surface area contributed by atoms with Crippen LogP contribution in [0.4, 0.5) is 39.8 Å². The molecule has 0 bridgehead atoms. The maximum Gasteiger partial charge on any atom is 0.339 e. The van der Waals surface area contributed by atoms with Crippen LogP contribution in [-0.2, 0) is 19.7 Å². The lowest BCUT2D eigenvalue weighted by atomic mass is 10.0. The third-order valence-corrected chi connectivity index (χ3v) is 8.92. The first-order valence-corrected chi connectivity index (χ1v) is 17.2. The molecule has 0 amide bonds. The summed E-state index contributed by atoms with van der Waals surface area (Å²) in [4.78, 5) is 22.7. The smallest absolute Gasteiger partial charge is 0.339 e. The Morgan fingerprint density at radius 1 is 0.698 bits per heavy atom. The first-order valence-electron chi connectivity index (χ1n) is 15.8. The summed E-state index contributed by atoms with van der Waals surface area (Å²) in [7, 11) is -4.28. The minimum absolute atomic E-state index is 0.188. The van der Waals surface area contributed by atoms with Gasteiger partial charge in [0.05, 0.1) is 39.0 Å². The summed E-state index contributed by atoms with van der Waals surface area (Å²) in [6.07, 6.45) is 3.82. The van der Waals surface area contributed by atoms with E-state index in [2.05, 4.69) is 31.0 Å².